The van der Waals surface area contributed by atoms with Crippen LogP contribution < -0.4 is 5.32 Å². The molecule has 0 spiro atoms. The van der Waals surface area contributed by atoms with Crippen LogP contribution in [0.5, 0.6) is 0 Å². The lowest BCUT2D eigenvalue weighted by atomic mass is 10.2. The second-order valence-electron chi connectivity index (χ2n) is 9.07. The highest BCUT2D eigenvalue weighted by Gasteiger charge is 2.27. The number of ether oxygens (including phenoxy) is 1. The predicted octanol–water partition coefficient (Wildman–Crippen LogP) is 3.34. The van der Waals surface area contributed by atoms with Crippen LogP contribution >= 0.6 is 10.6 Å². The van der Waals surface area contributed by atoms with Gasteiger partial charge in [-0.1, -0.05) is 12.1 Å². The molecule has 2 aliphatic rings. The van der Waals surface area contributed by atoms with Gasteiger partial charge in [-0.05, 0) is 38.5 Å². The highest BCUT2D eigenvalue weighted by Crippen LogP contribution is 2.40. The fourth-order valence-electron chi connectivity index (χ4n) is 3.50. The third-order valence-corrected chi connectivity index (χ3v) is 6.97. The maximum atomic E-state index is 12.4. The molecule has 2 aliphatic heterocycles. The number of piperazine rings is 1. The summed E-state index contributed by atoms with van der Waals surface area (Å²) in [6.45, 7) is 9.94. The van der Waals surface area contributed by atoms with Crippen molar-refractivity contribution in [3.05, 3.63) is 29.8 Å². The van der Waals surface area contributed by atoms with Crippen molar-refractivity contribution in [1.82, 2.24) is 14.7 Å². The van der Waals surface area contributed by atoms with Gasteiger partial charge in [-0.15, -0.1) is 0 Å². The smallest absolute Gasteiger partial charge is 0.410 e. The quantitative estimate of drug-likeness (QED) is 0.647. The fourth-order valence-corrected chi connectivity index (χ4v) is 4.73. The average Bonchev–Trinajstić information content (AvgIpc) is 2.68. The molecule has 0 aromatic heterocycles. The van der Waals surface area contributed by atoms with Crippen LogP contribution in [0.25, 0.3) is 0 Å². The molecular formula is C21H34N4O5S. The standard InChI is InChI=1S/C21H34N4O5S/c1-21(2,3)30-20(27)25-10-8-23(9-11-25)16-17-4-6-18(7-5-17)22-19(26)24-12-14-31(28,29)15-13-24/h4-7,28-29H,8-16H2,1-3H3,(H,22,26). The Balaban J connectivity index is 1.43. The molecule has 0 bridgehead atoms. The maximum absolute atomic E-state index is 12.4. The topological polar surface area (TPSA) is 106 Å². The average molecular weight is 455 g/mol. The molecule has 174 valence electrons. The van der Waals surface area contributed by atoms with Gasteiger partial charge in [0.2, 0.25) is 0 Å². The molecule has 0 atom stereocenters. The molecule has 1 aromatic carbocycles. The largest absolute Gasteiger partial charge is 0.444 e. The van der Waals surface area contributed by atoms with Crippen molar-refractivity contribution in [3.63, 3.8) is 0 Å². The molecule has 2 saturated heterocycles. The minimum Gasteiger partial charge on any atom is -0.444 e. The van der Waals surface area contributed by atoms with E-state index in [4.69, 9.17) is 4.74 Å². The number of nitrogens with one attached hydrogen (secondary N) is 1. The van der Waals surface area contributed by atoms with Crippen LogP contribution in [0.3, 0.4) is 0 Å². The van der Waals surface area contributed by atoms with E-state index in [-0.39, 0.29) is 23.6 Å². The Morgan fingerprint density at radius 1 is 0.968 bits per heavy atom. The normalized spacial score (nSPS) is 20.8. The molecule has 0 radical (unpaired) electrons. The van der Waals surface area contributed by atoms with Crippen molar-refractivity contribution in [2.24, 2.45) is 0 Å². The van der Waals surface area contributed by atoms with Crippen molar-refractivity contribution in [1.29, 1.82) is 0 Å². The summed E-state index contributed by atoms with van der Waals surface area (Å²) in [4.78, 5) is 30.2. The van der Waals surface area contributed by atoms with Crippen molar-refractivity contribution in [3.8, 4) is 0 Å². The summed E-state index contributed by atoms with van der Waals surface area (Å²) in [5.41, 5.74) is 1.36. The van der Waals surface area contributed by atoms with E-state index in [1.54, 1.807) is 9.80 Å². The van der Waals surface area contributed by atoms with Crippen LogP contribution in [0.4, 0.5) is 15.3 Å². The van der Waals surface area contributed by atoms with Gasteiger partial charge in [0.05, 0.1) is 11.5 Å². The fraction of sp³-hybridized carbons (Fsp3) is 0.619. The molecule has 3 rings (SSSR count). The Morgan fingerprint density at radius 2 is 1.55 bits per heavy atom. The van der Waals surface area contributed by atoms with Gasteiger partial charge in [0.15, 0.2) is 0 Å². The summed E-state index contributed by atoms with van der Waals surface area (Å²) in [5.74, 6) is 0.473. The van der Waals surface area contributed by atoms with Crippen molar-refractivity contribution in [2.75, 3.05) is 56.1 Å². The first-order valence-electron chi connectivity index (χ1n) is 10.6. The number of rotatable bonds is 3. The minimum absolute atomic E-state index is 0.221. The summed E-state index contributed by atoms with van der Waals surface area (Å²) in [5, 5.41) is 2.87. The second-order valence-corrected chi connectivity index (χ2v) is 11.5. The number of benzene rings is 1. The molecular weight excluding hydrogens is 420 g/mol. The molecule has 31 heavy (non-hydrogen) atoms. The summed E-state index contributed by atoms with van der Waals surface area (Å²) < 4.78 is 24.8. The maximum Gasteiger partial charge on any atom is 0.410 e. The van der Waals surface area contributed by atoms with E-state index in [2.05, 4.69) is 10.2 Å². The lowest BCUT2D eigenvalue weighted by molar-refractivity contribution is 0.0139. The second kappa shape index (κ2) is 9.64. The summed E-state index contributed by atoms with van der Waals surface area (Å²) in [6.07, 6.45) is -0.258. The number of carbonyl (C=O) groups excluding carboxylic acids is 2. The zero-order valence-corrected chi connectivity index (χ0v) is 19.4. The van der Waals surface area contributed by atoms with Gasteiger partial charge in [-0.2, -0.15) is 10.6 Å². The Hall–Kier alpha value is -2.01. The number of anilines is 1. The lowest BCUT2D eigenvalue weighted by Crippen LogP contribution is -2.49. The van der Waals surface area contributed by atoms with E-state index in [0.717, 1.165) is 25.2 Å². The van der Waals surface area contributed by atoms with Gasteiger partial charge in [-0.3, -0.25) is 14.0 Å². The Kier molecular flexibility index (Phi) is 7.35. The molecule has 2 heterocycles. The first-order chi connectivity index (χ1) is 14.5. The van der Waals surface area contributed by atoms with E-state index in [9.17, 15) is 18.7 Å². The third-order valence-electron chi connectivity index (χ3n) is 5.30. The van der Waals surface area contributed by atoms with Gasteiger partial charge in [-0.25, -0.2) is 9.59 Å². The zero-order valence-electron chi connectivity index (χ0n) is 18.5. The lowest BCUT2D eigenvalue weighted by Gasteiger charge is -2.40. The molecule has 0 aliphatic carbocycles. The molecule has 9 nitrogen and oxygen atoms in total. The summed E-state index contributed by atoms with van der Waals surface area (Å²) in [6, 6.07) is 7.51. The minimum atomic E-state index is -2.51. The van der Waals surface area contributed by atoms with Gasteiger partial charge in [0.1, 0.15) is 5.60 Å². The van der Waals surface area contributed by atoms with Crippen LogP contribution in [0, 0.1) is 0 Å². The van der Waals surface area contributed by atoms with Gasteiger partial charge < -0.3 is 19.9 Å². The van der Waals surface area contributed by atoms with Gasteiger partial charge in [0, 0.05) is 51.5 Å². The Morgan fingerprint density at radius 3 is 2.10 bits per heavy atom. The third kappa shape index (κ3) is 7.27. The molecule has 0 saturated carbocycles. The summed E-state index contributed by atoms with van der Waals surface area (Å²) >= 11 is 0. The van der Waals surface area contributed by atoms with Gasteiger partial charge >= 0.3 is 12.1 Å². The zero-order chi connectivity index (χ0) is 22.6. The van der Waals surface area contributed by atoms with Crippen LogP contribution in [-0.4, -0.2) is 92.3 Å². The molecule has 3 N–H and O–H groups in total. The molecule has 10 heteroatoms. The van der Waals surface area contributed by atoms with Crippen LogP contribution in [0.1, 0.15) is 26.3 Å². The monoisotopic (exact) mass is 454 g/mol. The van der Waals surface area contributed by atoms with Crippen molar-refractivity contribution >= 4 is 28.4 Å². The number of carbonyl (C=O) groups is 2. The van der Waals surface area contributed by atoms with Crippen LogP contribution in [0.2, 0.25) is 0 Å². The first kappa shape index (κ1) is 23.6. The van der Waals surface area contributed by atoms with Gasteiger partial charge in [0.25, 0.3) is 0 Å². The number of hydrogen-bond donors (Lipinski definition) is 3. The van der Waals surface area contributed by atoms with Crippen LogP contribution in [0.15, 0.2) is 24.3 Å². The van der Waals surface area contributed by atoms with Crippen LogP contribution in [-0.2, 0) is 11.3 Å². The highest BCUT2D eigenvalue weighted by molar-refractivity contribution is 8.24. The van der Waals surface area contributed by atoms with E-state index >= 15 is 0 Å². The van der Waals surface area contributed by atoms with E-state index < -0.39 is 16.2 Å². The SMILES string of the molecule is CC(C)(C)OC(=O)N1CCN(Cc2ccc(NC(=O)N3CCS(O)(O)CC3)cc2)CC1. The van der Waals surface area contributed by atoms with E-state index in [1.165, 1.54) is 0 Å². The number of nitrogens with zero attached hydrogens (tertiary/aromatic N) is 3. The highest BCUT2D eigenvalue weighted by atomic mass is 32.3. The Bertz CT molecular complexity index is 763. The molecule has 2 fully saturated rings. The molecule has 1 aromatic rings. The number of hydrogen-bond acceptors (Lipinski definition) is 6. The Labute approximate surface area is 185 Å². The van der Waals surface area contributed by atoms with Crippen molar-refractivity contribution in [2.45, 2.75) is 32.9 Å². The molecule has 3 amide bonds. The van der Waals surface area contributed by atoms with E-state index in [1.807, 2.05) is 45.0 Å². The summed E-state index contributed by atoms with van der Waals surface area (Å²) in [7, 11) is -2.51. The van der Waals surface area contributed by atoms with E-state index in [0.29, 0.717) is 31.9 Å². The predicted molar refractivity (Wildman–Crippen MR) is 123 cm³/mol. The number of amides is 3. The first-order valence-corrected chi connectivity index (χ1v) is 12.5. The molecule has 0 unspecified atom stereocenters. The number of urea groups is 1. The van der Waals surface area contributed by atoms with Crippen molar-refractivity contribution < 1.29 is 23.4 Å².